The van der Waals surface area contributed by atoms with Gasteiger partial charge in [0.1, 0.15) is 0 Å². The number of hydrogen-bond acceptors (Lipinski definition) is 2. The summed E-state index contributed by atoms with van der Waals surface area (Å²) in [5, 5.41) is 3.13. The average Bonchev–Trinajstić information content (AvgIpc) is 2.73. The highest BCUT2D eigenvalue weighted by molar-refractivity contribution is 6.18. The number of halogens is 1. The summed E-state index contributed by atoms with van der Waals surface area (Å²) >= 11 is 6.15. The first-order chi connectivity index (χ1) is 9.89. The van der Waals surface area contributed by atoms with Crippen molar-refractivity contribution in [1.29, 1.82) is 0 Å². The lowest BCUT2D eigenvalue weighted by molar-refractivity contribution is -0.128. The zero-order chi connectivity index (χ0) is 15.6. The maximum atomic E-state index is 12.7. The first kappa shape index (κ1) is 16.3. The Kier molecular flexibility index (Phi) is 4.95. The van der Waals surface area contributed by atoms with Gasteiger partial charge in [0.05, 0.1) is 23.7 Å². The van der Waals surface area contributed by atoms with Crippen LogP contribution in [0.25, 0.3) is 0 Å². The normalized spacial score (nSPS) is 31.7. The SMILES string of the molecule is CC1OC(C)C(C(=O)NC(C)(CCl)c2ccccc2)C1C. The number of alkyl halides is 1. The van der Waals surface area contributed by atoms with Crippen LogP contribution in [-0.4, -0.2) is 24.0 Å². The van der Waals surface area contributed by atoms with Gasteiger partial charge in [-0.3, -0.25) is 4.79 Å². The van der Waals surface area contributed by atoms with Crippen LogP contribution in [0.15, 0.2) is 30.3 Å². The fourth-order valence-corrected chi connectivity index (χ4v) is 3.28. The van der Waals surface area contributed by atoms with Crippen molar-refractivity contribution in [3.8, 4) is 0 Å². The molecule has 5 atom stereocenters. The number of carbonyl (C=O) groups is 1. The number of ether oxygens (including phenoxy) is 1. The van der Waals surface area contributed by atoms with E-state index in [1.165, 1.54) is 0 Å². The third-order valence-electron chi connectivity index (χ3n) is 4.62. The highest BCUT2D eigenvalue weighted by atomic mass is 35.5. The van der Waals surface area contributed by atoms with E-state index >= 15 is 0 Å². The Balaban J connectivity index is 2.17. The van der Waals surface area contributed by atoms with Gasteiger partial charge in [-0.1, -0.05) is 37.3 Å². The second-order valence-electron chi connectivity index (χ2n) is 6.25. The van der Waals surface area contributed by atoms with Crippen molar-refractivity contribution in [3.63, 3.8) is 0 Å². The molecule has 21 heavy (non-hydrogen) atoms. The summed E-state index contributed by atoms with van der Waals surface area (Å²) in [5.41, 5.74) is 0.450. The van der Waals surface area contributed by atoms with Crippen LogP contribution in [0.3, 0.4) is 0 Å². The second-order valence-corrected chi connectivity index (χ2v) is 6.52. The smallest absolute Gasteiger partial charge is 0.226 e. The lowest BCUT2D eigenvalue weighted by Crippen LogP contribution is -2.49. The molecule has 116 valence electrons. The minimum atomic E-state index is -0.564. The van der Waals surface area contributed by atoms with E-state index in [0.717, 1.165) is 5.56 Å². The van der Waals surface area contributed by atoms with Gasteiger partial charge in [-0.2, -0.15) is 0 Å². The van der Waals surface area contributed by atoms with Crippen LogP contribution >= 0.6 is 11.6 Å². The third-order valence-corrected chi connectivity index (χ3v) is 5.16. The Morgan fingerprint density at radius 1 is 1.24 bits per heavy atom. The molecule has 1 amide bonds. The molecule has 0 aromatic heterocycles. The molecule has 0 aliphatic carbocycles. The van der Waals surface area contributed by atoms with E-state index in [0.29, 0.717) is 5.88 Å². The summed E-state index contributed by atoms with van der Waals surface area (Å²) < 4.78 is 5.77. The van der Waals surface area contributed by atoms with Gasteiger partial charge in [0.25, 0.3) is 0 Å². The van der Waals surface area contributed by atoms with Gasteiger partial charge in [-0.15, -0.1) is 11.6 Å². The zero-order valence-corrected chi connectivity index (χ0v) is 13.9. The molecule has 1 aliphatic heterocycles. The molecule has 0 saturated carbocycles. The topological polar surface area (TPSA) is 38.3 Å². The van der Waals surface area contributed by atoms with Gasteiger partial charge >= 0.3 is 0 Å². The van der Waals surface area contributed by atoms with Crippen molar-refractivity contribution in [2.24, 2.45) is 11.8 Å². The van der Waals surface area contributed by atoms with Gasteiger partial charge < -0.3 is 10.1 Å². The van der Waals surface area contributed by atoms with Crippen molar-refractivity contribution in [3.05, 3.63) is 35.9 Å². The van der Waals surface area contributed by atoms with E-state index in [1.807, 2.05) is 51.1 Å². The molecule has 1 N–H and O–H groups in total. The summed E-state index contributed by atoms with van der Waals surface area (Å²) in [4.78, 5) is 12.7. The summed E-state index contributed by atoms with van der Waals surface area (Å²) in [6.45, 7) is 8.01. The molecule has 2 rings (SSSR count). The minimum absolute atomic E-state index is 0.0198. The minimum Gasteiger partial charge on any atom is -0.374 e. The lowest BCUT2D eigenvalue weighted by Gasteiger charge is -2.32. The number of rotatable bonds is 4. The van der Waals surface area contributed by atoms with Crippen molar-refractivity contribution < 1.29 is 9.53 Å². The van der Waals surface area contributed by atoms with Crippen LogP contribution in [0.4, 0.5) is 0 Å². The first-order valence-electron chi connectivity index (χ1n) is 7.48. The zero-order valence-electron chi connectivity index (χ0n) is 13.1. The van der Waals surface area contributed by atoms with E-state index in [4.69, 9.17) is 16.3 Å². The molecule has 1 aromatic carbocycles. The molecular formula is C17H24ClNO2. The van der Waals surface area contributed by atoms with E-state index in [9.17, 15) is 4.79 Å². The van der Waals surface area contributed by atoms with E-state index in [2.05, 4.69) is 12.2 Å². The van der Waals surface area contributed by atoms with E-state index in [1.54, 1.807) is 0 Å². The van der Waals surface area contributed by atoms with Gasteiger partial charge in [0, 0.05) is 5.88 Å². The molecule has 0 spiro atoms. The predicted octanol–water partition coefficient (Wildman–Crippen LogP) is 3.32. The number of amides is 1. The van der Waals surface area contributed by atoms with Crippen LogP contribution in [0.1, 0.15) is 33.3 Å². The van der Waals surface area contributed by atoms with Crippen LogP contribution in [-0.2, 0) is 15.1 Å². The fourth-order valence-electron chi connectivity index (χ4n) is 3.06. The third kappa shape index (κ3) is 3.24. The molecule has 0 radical (unpaired) electrons. The standard InChI is InChI=1S/C17H24ClNO2/c1-11-12(2)21-13(3)15(11)16(20)19-17(4,10-18)14-8-6-5-7-9-14/h5-9,11-13,15H,10H2,1-4H3,(H,19,20). The van der Waals surface area contributed by atoms with Crippen LogP contribution in [0, 0.1) is 11.8 Å². The molecule has 1 saturated heterocycles. The van der Waals surface area contributed by atoms with Crippen LogP contribution in [0.2, 0.25) is 0 Å². The molecule has 5 unspecified atom stereocenters. The molecular weight excluding hydrogens is 286 g/mol. The molecule has 1 heterocycles. The Morgan fingerprint density at radius 3 is 2.33 bits per heavy atom. The highest BCUT2D eigenvalue weighted by Gasteiger charge is 2.43. The van der Waals surface area contributed by atoms with Crippen LogP contribution < -0.4 is 5.32 Å². The summed E-state index contributed by atoms with van der Waals surface area (Å²) in [6, 6.07) is 9.85. The number of hydrogen-bond donors (Lipinski definition) is 1. The van der Waals surface area contributed by atoms with E-state index < -0.39 is 5.54 Å². The second kappa shape index (κ2) is 6.37. The van der Waals surface area contributed by atoms with Crippen molar-refractivity contribution in [1.82, 2.24) is 5.32 Å². The monoisotopic (exact) mass is 309 g/mol. The Morgan fingerprint density at radius 2 is 1.86 bits per heavy atom. The van der Waals surface area contributed by atoms with E-state index in [-0.39, 0.29) is 30.0 Å². The van der Waals surface area contributed by atoms with Crippen molar-refractivity contribution in [2.45, 2.75) is 45.4 Å². The summed E-state index contributed by atoms with van der Waals surface area (Å²) in [5.74, 6) is 0.419. The molecule has 1 aromatic rings. The first-order valence-corrected chi connectivity index (χ1v) is 8.01. The van der Waals surface area contributed by atoms with Crippen LogP contribution in [0.5, 0.6) is 0 Å². The molecule has 1 aliphatic rings. The van der Waals surface area contributed by atoms with Gasteiger partial charge in [0.2, 0.25) is 5.91 Å². The van der Waals surface area contributed by atoms with Gasteiger partial charge in [0.15, 0.2) is 0 Å². The summed E-state index contributed by atoms with van der Waals surface area (Å²) in [6.07, 6.45) is 0.0417. The number of carbonyl (C=O) groups excluding carboxylic acids is 1. The average molecular weight is 310 g/mol. The maximum absolute atomic E-state index is 12.7. The molecule has 4 heteroatoms. The maximum Gasteiger partial charge on any atom is 0.226 e. The van der Waals surface area contributed by atoms with Crippen molar-refractivity contribution >= 4 is 17.5 Å². The predicted molar refractivity (Wildman–Crippen MR) is 85.3 cm³/mol. The quantitative estimate of drug-likeness (QED) is 0.867. The Hall–Kier alpha value is -1.06. The highest BCUT2D eigenvalue weighted by Crippen LogP contribution is 2.33. The molecule has 3 nitrogen and oxygen atoms in total. The lowest BCUT2D eigenvalue weighted by atomic mass is 9.86. The molecule has 1 fully saturated rings. The number of benzene rings is 1. The van der Waals surface area contributed by atoms with Gasteiger partial charge in [-0.25, -0.2) is 0 Å². The van der Waals surface area contributed by atoms with Crippen molar-refractivity contribution in [2.75, 3.05) is 5.88 Å². The Labute approximate surface area is 132 Å². The summed E-state index contributed by atoms with van der Waals surface area (Å²) in [7, 11) is 0. The number of nitrogens with one attached hydrogen (secondary N) is 1. The fraction of sp³-hybridized carbons (Fsp3) is 0.588. The largest absolute Gasteiger partial charge is 0.374 e. The molecule has 0 bridgehead atoms. The Bertz CT molecular complexity index is 493. The van der Waals surface area contributed by atoms with Gasteiger partial charge in [-0.05, 0) is 32.3 Å².